The van der Waals surface area contributed by atoms with E-state index in [1.165, 1.54) is 12.1 Å². The molecule has 5 nitrogen and oxygen atoms in total. The van der Waals surface area contributed by atoms with Crippen LogP contribution in [-0.4, -0.2) is 36.4 Å². The van der Waals surface area contributed by atoms with Crippen LogP contribution in [0.3, 0.4) is 0 Å². The van der Waals surface area contributed by atoms with Crippen LogP contribution in [-0.2, 0) is 22.6 Å². The lowest BCUT2D eigenvalue weighted by atomic mass is 10.0. The fraction of sp³-hybridized carbons (Fsp3) is 0.259. The molecule has 0 saturated carbocycles. The van der Waals surface area contributed by atoms with E-state index in [1.807, 2.05) is 60.7 Å². The van der Waals surface area contributed by atoms with Gasteiger partial charge in [-0.15, -0.1) is 0 Å². The number of carbonyl (C=O) groups excluding carboxylic acids is 2. The Bertz CT molecular complexity index is 1010. The van der Waals surface area contributed by atoms with Crippen molar-refractivity contribution in [3.05, 3.63) is 102 Å². The molecule has 2 amide bonds. The highest BCUT2D eigenvalue weighted by Crippen LogP contribution is 2.17. The van der Waals surface area contributed by atoms with E-state index in [9.17, 15) is 14.0 Å². The van der Waals surface area contributed by atoms with Crippen molar-refractivity contribution >= 4 is 11.8 Å². The van der Waals surface area contributed by atoms with E-state index in [1.54, 1.807) is 24.1 Å². The highest BCUT2D eigenvalue weighted by atomic mass is 19.1. The molecule has 1 N–H and O–H groups in total. The third-order valence-electron chi connectivity index (χ3n) is 5.33. The molecule has 0 bridgehead atoms. The molecule has 6 heteroatoms. The smallest absolute Gasteiger partial charge is 0.242 e. The lowest BCUT2D eigenvalue weighted by Crippen LogP contribution is -2.49. The van der Waals surface area contributed by atoms with Crippen molar-refractivity contribution in [2.75, 3.05) is 13.7 Å². The summed E-state index contributed by atoms with van der Waals surface area (Å²) < 4.78 is 19.1. The van der Waals surface area contributed by atoms with Crippen molar-refractivity contribution < 1.29 is 18.7 Å². The molecule has 0 aliphatic rings. The zero-order valence-electron chi connectivity index (χ0n) is 18.7. The number of nitrogens with zero attached hydrogens (tertiary/aromatic N) is 1. The van der Waals surface area contributed by atoms with Gasteiger partial charge in [0.25, 0.3) is 0 Å². The van der Waals surface area contributed by atoms with Crippen molar-refractivity contribution in [3.63, 3.8) is 0 Å². The molecule has 0 fully saturated rings. The Balaban J connectivity index is 1.74. The Kier molecular flexibility index (Phi) is 9.00. The van der Waals surface area contributed by atoms with Crippen molar-refractivity contribution in [1.29, 1.82) is 0 Å². The Morgan fingerprint density at radius 3 is 2.18 bits per heavy atom. The number of nitrogens with one attached hydrogen (secondary N) is 1. The van der Waals surface area contributed by atoms with E-state index < -0.39 is 6.04 Å². The number of hydrogen-bond acceptors (Lipinski definition) is 3. The molecule has 0 aliphatic carbocycles. The number of benzene rings is 3. The van der Waals surface area contributed by atoms with Gasteiger partial charge in [-0.05, 0) is 41.8 Å². The number of hydrogen-bond donors (Lipinski definition) is 1. The molecule has 0 spiro atoms. The summed E-state index contributed by atoms with van der Waals surface area (Å²) in [5, 5.41) is 2.69. The first kappa shape index (κ1) is 24.0. The summed E-state index contributed by atoms with van der Waals surface area (Å²) in [6, 6.07) is 24.3. The first-order chi connectivity index (χ1) is 16.1. The summed E-state index contributed by atoms with van der Waals surface area (Å²) in [5.74, 6) is 0.0117. The number of para-hydroxylation sites is 1. The highest BCUT2D eigenvalue weighted by Gasteiger charge is 2.29. The minimum atomic E-state index is -0.690. The Morgan fingerprint density at radius 1 is 0.909 bits per heavy atom. The summed E-state index contributed by atoms with van der Waals surface area (Å²) in [7, 11) is 1.56. The van der Waals surface area contributed by atoms with Crippen molar-refractivity contribution in [2.45, 2.75) is 31.8 Å². The Labute approximate surface area is 194 Å². The zero-order valence-corrected chi connectivity index (χ0v) is 18.7. The standard InChI is InChI=1S/C27H29FN2O3/c1-29-27(32)25(19-21-9-4-2-5-10-21)30(20-22-14-16-23(28)17-15-22)26(31)13-8-18-33-24-11-6-3-7-12-24/h2-7,9-12,14-17,25H,8,13,18-20H2,1H3,(H,29,32). The Hall–Kier alpha value is -3.67. The number of ether oxygens (including phenoxy) is 1. The van der Waals surface area contributed by atoms with Crippen LogP contribution < -0.4 is 10.1 Å². The monoisotopic (exact) mass is 448 g/mol. The van der Waals surface area contributed by atoms with E-state index in [0.29, 0.717) is 19.4 Å². The second-order valence-electron chi connectivity index (χ2n) is 7.73. The van der Waals surface area contributed by atoms with Gasteiger partial charge in [-0.3, -0.25) is 9.59 Å². The summed E-state index contributed by atoms with van der Waals surface area (Å²) in [5.41, 5.74) is 1.71. The molecule has 1 unspecified atom stereocenters. The summed E-state index contributed by atoms with van der Waals surface area (Å²) in [6.45, 7) is 0.604. The molecule has 3 aromatic carbocycles. The molecule has 172 valence electrons. The van der Waals surface area contributed by atoms with Gasteiger partial charge in [-0.1, -0.05) is 60.7 Å². The predicted octanol–water partition coefficient (Wildman–Crippen LogP) is 4.37. The van der Waals surface area contributed by atoms with Crippen LogP contribution in [0.4, 0.5) is 4.39 Å². The van der Waals surface area contributed by atoms with Crippen LogP contribution in [0.15, 0.2) is 84.9 Å². The number of halogens is 1. The van der Waals surface area contributed by atoms with Gasteiger partial charge in [-0.25, -0.2) is 4.39 Å². The van der Waals surface area contributed by atoms with Gasteiger partial charge >= 0.3 is 0 Å². The minimum Gasteiger partial charge on any atom is -0.494 e. The van der Waals surface area contributed by atoms with Crippen LogP contribution >= 0.6 is 0 Å². The van der Waals surface area contributed by atoms with E-state index in [4.69, 9.17) is 4.74 Å². The first-order valence-corrected chi connectivity index (χ1v) is 11.0. The van der Waals surface area contributed by atoms with E-state index >= 15 is 0 Å². The number of likely N-dealkylation sites (N-methyl/N-ethyl adjacent to an activating group) is 1. The van der Waals surface area contributed by atoms with Crippen LogP contribution in [0.5, 0.6) is 5.75 Å². The molecule has 1 atom stereocenters. The summed E-state index contributed by atoms with van der Waals surface area (Å²) in [6.07, 6.45) is 1.13. The average Bonchev–Trinajstić information content (AvgIpc) is 2.86. The fourth-order valence-electron chi connectivity index (χ4n) is 3.58. The van der Waals surface area contributed by atoms with Crippen molar-refractivity contribution in [1.82, 2.24) is 10.2 Å². The molecule has 3 aromatic rings. The average molecular weight is 449 g/mol. The third kappa shape index (κ3) is 7.45. The second kappa shape index (κ2) is 12.4. The third-order valence-corrected chi connectivity index (χ3v) is 5.33. The van der Waals surface area contributed by atoms with E-state index in [2.05, 4.69) is 5.32 Å². The molecular weight excluding hydrogens is 419 g/mol. The lowest BCUT2D eigenvalue weighted by Gasteiger charge is -2.31. The van der Waals surface area contributed by atoms with Gasteiger partial charge in [0.15, 0.2) is 0 Å². The van der Waals surface area contributed by atoms with Crippen LogP contribution in [0.2, 0.25) is 0 Å². The van der Waals surface area contributed by atoms with Gasteiger partial charge in [0, 0.05) is 26.4 Å². The van der Waals surface area contributed by atoms with Gasteiger partial charge in [0.05, 0.1) is 6.61 Å². The second-order valence-corrected chi connectivity index (χ2v) is 7.73. The van der Waals surface area contributed by atoms with Crippen molar-refractivity contribution in [2.24, 2.45) is 0 Å². The number of rotatable bonds is 11. The largest absolute Gasteiger partial charge is 0.494 e. The molecule has 0 aliphatic heterocycles. The number of amides is 2. The van der Waals surface area contributed by atoms with Crippen LogP contribution in [0, 0.1) is 5.82 Å². The maximum Gasteiger partial charge on any atom is 0.242 e. The molecule has 3 rings (SSSR count). The maximum atomic E-state index is 13.4. The van der Waals surface area contributed by atoms with Gasteiger partial charge in [0.1, 0.15) is 17.6 Å². The fourth-order valence-corrected chi connectivity index (χ4v) is 3.58. The maximum absolute atomic E-state index is 13.4. The topological polar surface area (TPSA) is 58.6 Å². The van der Waals surface area contributed by atoms with Crippen LogP contribution in [0.1, 0.15) is 24.0 Å². The van der Waals surface area contributed by atoms with E-state index in [0.717, 1.165) is 16.9 Å². The Morgan fingerprint density at radius 2 is 1.55 bits per heavy atom. The van der Waals surface area contributed by atoms with Gasteiger partial charge in [-0.2, -0.15) is 0 Å². The van der Waals surface area contributed by atoms with Gasteiger partial charge in [0.2, 0.25) is 11.8 Å². The molecule has 0 radical (unpaired) electrons. The summed E-state index contributed by atoms with van der Waals surface area (Å²) >= 11 is 0. The molecule has 33 heavy (non-hydrogen) atoms. The molecule has 0 aromatic heterocycles. The predicted molar refractivity (Wildman–Crippen MR) is 126 cm³/mol. The molecule has 0 saturated heterocycles. The quantitative estimate of drug-likeness (QED) is 0.443. The van der Waals surface area contributed by atoms with Gasteiger partial charge < -0.3 is 15.0 Å². The lowest BCUT2D eigenvalue weighted by molar-refractivity contribution is -0.141. The summed E-state index contributed by atoms with van der Waals surface area (Å²) in [4.78, 5) is 27.7. The number of carbonyl (C=O) groups is 2. The minimum absolute atomic E-state index is 0.152. The zero-order chi connectivity index (χ0) is 23.5. The van der Waals surface area contributed by atoms with Crippen LogP contribution in [0.25, 0.3) is 0 Å². The SMILES string of the molecule is CNC(=O)C(Cc1ccccc1)N(Cc1ccc(F)cc1)C(=O)CCCOc1ccccc1. The molecular formula is C27H29FN2O3. The normalized spacial score (nSPS) is 11.5. The first-order valence-electron chi connectivity index (χ1n) is 11.0. The van der Waals surface area contributed by atoms with E-state index in [-0.39, 0.29) is 30.6 Å². The van der Waals surface area contributed by atoms with Crippen molar-refractivity contribution in [3.8, 4) is 5.75 Å². The highest BCUT2D eigenvalue weighted by molar-refractivity contribution is 5.87. The molecule has 0 heterocycles.